The number of benzene rings is 2. The molecule has 2 heterocycles. The van der Waals surface area contributed by atoms with E-state index in [-0.39, 0.29) is 41.4 Å². The number of amides is 1. The summed E-state index contributed by atoms with van der Waals surface area (Å²) in [5.41, 5.74) is 0.807. The smallest absolute Gasteiger partial charge is 0.290 e. The molecule has 0 fully saturated rings. The first-order chi connectivity index (χ1) is 14.0. The van der Waals surface area contributed by atoms with Gasteiger partial charge in [0.25, 0.3) is 5.91 Å². The van der Waals surface area contributed by atoms with E-state index in [0.717, 1.165) is 0 Å². The number of methoxy groups -OCH3 is 2. The number of nitrogens with zero attached hydrogens (tertiary/aromatic N) is 1. The van der Waals surface area contributed by atoms with Gasteiger partial charge in [-0.15, -0.1) is 0 Å². The van der Waals surface area contributed by atoms with E-state index in [9.17, 15) is 14.7 Å². The number of phenols is 1. The monoisotopic (exact) mass is 415 g/mol. The van der Waals surface area contributed by atoms with Crippen molar-refractivity contribution in [1.29, 1.82) is 0 Å². The first-order valence-electron chi connectivity index (χ1n) is 8.89. The summed E-state index contributed by atoms with van der Waals surface area (Å²) in [5, 5.41) is 10.6. The second kappa shape index (κ2) is 7.42. The van der Waals surface area contributed by atoms with Gasteiger partial charge in [0.1, 0.15) is 5.58 Å². The third-order valence-electron chi connectivity index (χ3n) is 4.98. The van der Waals surface area contributed by atoms with Gasteiger partial charge >= 0.3 is 0 Å². The SMILES string of the molecule is COCCN1C(=O)c2oc3ccc(Cl)cc3c(=O)c2C1c1ccc(O)c(OC)c1. The van der Waals surface area contributed by atoms with Gasteiger partial charge in [-0.05, 0) is 35.9 Å². The lowest BCUT2D eigenvalue weighted by molar-refractivity contribution is 0.0663. The van der Waals surface area contributed by atoms with Crippen molar-refractivity contribution in [2.75, 3.05) is 27.4 Å². The Kier molecular flexibility index (Phi) is 4.94. The van der Waals surface area contributed by atoms with E-state index < -0.39 is 11.9 Å². The second-order valence-electron chi connectivity index (χ2n) is 6.64. The molecule has 29 heavy (non-hydrogen) atoms. The number of phenolic OH excluding ortho intramolecular Hbond substituents is 1. The molecule has 8 heteroatoms. The molecule has 1 aromatic heterocycles. The summed E-state index contributed by atoms with van der Waals surface area (Å²) in [7, 11) is 2.96. The lowest BCUT2D eigenvalue weighted by atomic mass is 9.98. The molecule has 0 radical (unpaired) electrons. The Balaban J connectivity index is 1.98. The van der Waals surface area contributed by atoms with Crippen molar-refractivity contribution in [3.63, 3.8) is 0 Å². The predicted molar refractivity (Wildman–Crippen MR) is 107 cm³/mol. The summed E-state index contributed by atoms with van der Waals surface area (Å²) < 4.78 is 16.2. The van der Waals surface area contributed by atoms with E-state index in [1.807, 2.05) is 0 Å². The van der Waals surface area contributed by atoms with Gasteiger partial charge in [0, 0.05) is 18.7 Å². The summed E-state index contributed by atoms with van der Waals surface area (Å²) in [6, 6.07) is 8.70. The number of hydrogen-bond donors (Lipinski definition) is 1. The van der Waals surface area contributed by atoms with Crippen molar-refractivity contribution < 1.29 is 23.8 Å². The van der Waals surface area contributed by atoms with Crippen LogP contribution in [0.1, 0.15) is 27.7 Å². The van der Waals surface area contributed by atoms with E-state index >= 15 is 0 Å². The lowest BCUT2D eigenvalue weighted by Gasteiger charge is -2.25. The van der Waals surface area contributed by atoms with E-state index in [4.69, 9.17) is 25.5 Å². The highest BCUT2D eigenvalue weighted by Crippen LogP contribution is 2.40. The van der Waals surface area contributed by atoms with Crippen LogP contribution in [0.4, 0.5) is 0 Å². The van der Waals surface area contributed by atoms with Crippen LogP contribution in [0.15, 0.2) is 45.6 Å². The van der Waals surface area contributed by atoms with Gasteiger partial charge in [-0.2, -0.15) is 0 Å². The minimum absolute atomic E-state index is 0.00188. The van der Waals surface area contributed by atoms with Gasteiger partial charge in [0.15, 0.2) is 16.9 Å². The largest absolute Gasteiger partial charge is 0.504 e. The molecule has 1 N–H and O–H groups in total. The van der Waals surface area contributed by atoms with Crippen LogP contribution in [0.3, 0.4) is 0 Å². The maximum absolute atomic E-state index is 13.3. The molecule has 1 atom stereocenters. The van der Waals surface area contributed by atoms with Crippen molar-refractivity contribution in [1.82, 2.24) is 4.90 Å². The number of ether oxygens (including phenoxy) is 2. The van der Waals surface area contributed by atoms with Crippen LogP contribution >= 0.6 is 11.6 Å². The molecule has 2 aromatic carbocycles. The number of carbonyl (C=O) groups excluding carboxylic acids is 1. The normalized spacial score (nSPS) is 15.8. The van der Waals surface area contributed by atoms with Gasteiger partial charge < -0.3 is 23.9 Å². The molecule has 1 aliphatic rings. The molecule has 1 aliphatic heterocycles. The molecule has 1 unspecified atom stereocenters. The summed E-state index contributed by atoms with van der Waals surface area (Å²) in [5.74, 6) is -0.203. The van der Waals surface area contributed by atoms with Crippen LogP contribution in [0.2, 0.25) is 5.02 Å². The number of hydrogen-bond acceptors (Lipinski definition) is 6. The van der Waals surface area contributed by atoms with Crippen LogP contribution in [0, 0.1) is 0 Å². The zero-order valence-electron chi connectivity index (χ0n) is 15.8. The summed E-state index contributed by atoms with van der Waals surface area (Å²) in [6.45, 7) is 0.537. The minimum atomic E-state index is -0.707. The van der Waals surface area contributed by atoms with Gasteiger partial charge in [-0.3, -0.25) is 9.59 Å². The van der Waals surface area contributed by atoms with E-state index in [1.54, 1.807) is 24.3 Å². The lowest BCUT2D eigenvalue weighted by Crippen LogP contribution is -2.32. The van der Waals surface area contributed by atoms with Crippen molar-refractivity contribution in [2.24, 2.45) is 0 Å². The quantitative estimate of drug-likeness (QED) is 0.687. The average molecular weight is 416 g/mol. The number of fused-ring (bicyclic) bond motifs is 2. The van der Waals surface area contributed by atoms with Crippen LogP contribution in [0.25, 0.3) is 11.0 Å². The molecule has 3 aromatic rings. The molecule has 7 nitrogen and oxygen atoms in total. The Morgan fingerprint density at radius 2 is 1.97 bits per heavy atom. The Bertz CT molecular complexity index is 1170. The van der Waals surface area contributed by atoms with E-state index in [2.05, 4.69) is 0 Å². The Hall–Kier alpha value is -3.03. The van der Waals surface area contributed by atoms with Crippen LogP contribution in [0.5, 0.6) is 11.5 Å². The van der Waals surface area contributed by atoms with Crippen molar-refractivity contribution in [2.45, 2.75) is 6.04 Å². The Labute approximate surface area is 171 Å². The third-order valence-corrected chi connectivity index (χ3v) is 5.22. The zero-order chi connectivity index (χ0) is 20.7. The molecule has 0 bridgehead atoms. The van der Waals surface area contributed by atoms with Crippen LogP contribution in [-0.4, -0.2) is 43.3 Å². The average Bonchev–Trinajstić information content (AvgIpc) is 2.99. The maximum Gasteiger partial charge on any atom is 0.290 e. The summed E-state index contributed by atoms with van der Waals surface area (Å²) in [6.07, 6.45) is 0. The molecule has 1 amide bonds. The molecule has 0 aliphatic carbocycles. The molecule has 4 rings (SSSR count). The minimum Gasteiger partial charge on any atom is -0.504 e. The first-order valence-corrected chi connectivity index (χ1v) is 9.27. The zero-order valence-corrected chi connectivity index (χ0v) is 16.5. The van der Waals surface area contributed by atoms with Crippen LogP contribution in [-0.2, 0) is 4.74 Å². The van der Waals surface area contributed by atoms with Gasteiger partial charge in [-0.1, -0.05) is 17.7 Å². The fraction of sp³-hybridized carbons (Fsp3) is 0.238. The fourth-order valence-corrected chi connectivity index (χ4v) is 3.80. The molecule has 150 valence electrons. The second-order valence-corrected chi connectivity index (χ2v) is 7.08. The molecule has 0 spiro atoms. The third kappa shape index (κ3) is 3.12. The predicted octanol–water partition coefficient (Wildman–Crippen LogP) is 3.35. The highest BCUT2D eigenvalue weighted by Gasteiger charge is 2.42. The number of carbonyl (C=O) groups is 1. The Morgan fingerprint density at radius 1 is 1.17 bits per heavy atom. The molecular weight excluding hydrogens is 398 g/mol. The number of rotatable bonds is 5. The van der Waals surface area contributed by atoms with Crippen molar-refractivity contribution in [3.8, 4) is 11.5 Å². The number of aromatic hydroxyl groups is 1. The van der Waals surface area contributed by atoms with Gasteiger partial charge in [-0.25, -0.2) is 0 Å². The van der Waals surface area contributed by atoms with Crippen molar-refractivity contribution >= 4 is 28.5 Å². The highest BCUT2D eigenvalue weighted by atomic mass is 35.5. The fourth-order valence-electron chi connectivity index (χ4n) is 3.62. The summed E-state index contributed by atoms with van der Waals surface area (Å²) in [4.78, 5) is 28.0. The molecule has 0 saturated heterocycles. The van der Waals surface area contributed by atoms with Crippen molar-refractivity contribution in [3.05, 3.63) is 68.5 Å². The maximum atomic E-state index is 13.3. The molecular formula is C21H18ClNO6. The van der Waals surface area contributed by atoms with Gasteiger partial charge in [0.2, 0.25) is 5.76 Å². The topological polar surface area (TPSA) is 89.2 Å². The highest BCUT2D eigenvalue weighted by molar-refractivity contribution is 6.31. The standard InChI is InChI=1S/C21H18ClNO6/c1-27-8-7-23-18(11-3-5-14(24)16(9-11)28-2)17-19(25)13-10-12(22)4-6-15(13)29-20(17)21(23)26/h3-6,9-10,18,24H,7-8H2,1-2H3. The Morgan fingerprint density at radius 3 is 2.69 bits per heavy atom. The molecule has 0 saturated carbocycles. The van der Waals surface area contributed by atoms with E-state index in [0.29, 0.717) is 21.6 Å². The van der Waals surface area contributed by atoms with Crippen LogP contribution < -0.4 is 10.2 Å². The summed E-state index contributed by atoms with van der Waals surface area (Å²) >= 11 is 6.06. The first kappa shape index (κ1) is 19.3. The van der Waals surface area contributed by atoms with E-state index in [1.165, 1.54) is 31.3 Å². The van der Waals surface area contributed by atoms with Gasteiger partial charge in [0.05, 0.1) is 30.7 Å². The number of halogens is 1.